The number of hydrogen-bond donors (Lipinski definition) is 0. The van der Waals surface area contributed by atoms with Crippen molar-refractivity contribution < 1.29 is 0 Å². The van der Waals surface area contributed by atoms with Crippen molar-refractivity contribution in [3.8, 4) is 0 Å². The Labute approximate surface area is 120 Å². The lowest BCUT2D eigenvalue weighted by Gasteiger charge is -2.31. The predicted octanol–water partition coefficient (Wildman–Crippen LogP) is 4.27. The molecule has 0 radical (unpaired) electrons. The zero-order valence-electron chi connectivity index (χ0n) is 11.3. The quantitative estimate of drug-likeness (QED) is 0.554. The van der Waals surface area contributed by atoms with E-state index >= 15 is 0 Å². The summed E-state index contributed by atoms with van der Waals surface area (Å²) in [5, 5.41) is 0.458. The Morgan fingerprint density at radius 2 is 2.06 bits per heavy atom. The molecule has 5 heteroatoms. The first kappa shape index (κ1) is 15.5. The van der Waals surface area contributed by atoms with Crippen molar-refractivity contribution in [2.45, 2.75) is 52.0 Å². The van der Waals surface area contributed by atoms with Gasteiger partial charge in [-0.2, -0.15) is 0 Å². The normalized spacial score (nSPS) is 12.5. The van der Waals surface area contributed by atoms with Gasteiger partial charge in [0.05, 0.1) is 5.88 Å². The SMILES string of the molecule is CCCCN(c1ncnc(Cl)c1CCl)C(C)CC. The molecule has 0 N–H and O–H groups in total. The topological polar surface area (TPSA) is 29.0 Å². The minimum atomic E-state index is 0.341. The van der Waals surface area contributed by atoms with E-state index in [4.69, 9.17) is 23.2 Å². The maximum absolute atomic E-state index is 6.09. The minimum Gasteiger partial charge on any atom is -0.354 e. The van der Waals surface area contributed by atoms with Gasteiger partial charge in [-0.25, -0.2) is 9.97 Å². The van der Waals surface area contributed by atoms with E-state index in [0.29, 0.717) is 17.1 Å². The first-order chi connectivity index (χ1) is 8.65. The molecule has 1 rings (SSSR count). The Balaban J connectivity index is 3.07. The molecule has 0 spiro atoms. The van der Waals surface area contributed by atoms with Crippen LogP contribution >= 0.6 is 23.2 Å². The van der Waals surface area contributed by atoms with Crippen LogP contribution < -0.4 is 4.90 Å². The molecule has 0 aliphatic carbocycles. The van der Waals surface area contributed by atoms with E-state index < -0.39 is 0 Å². The highest BCUT2D eigenvalue weighted by molar-refractivity contribution is 6.31. The summed E-state index contributed by atoms with van der Waals surface area (Å²) in [4.78, 5) is 10.7. The van der Waals surface area contributed by atoms with E-state index in [1.807, 2.05) is 0 Å². The van der Waals surface area contributed by atoms with Crippen molar-refractivity contribution in [3.05, 3.63) is 17.0 Å². The molecule has 1 atom stereocenters. The zero-order chi connectivity index (χ0) is 13.5. The molecule has 1 heterocycles. The molecule has 1 unspecified atom stereocenters. The minimum absolute atomic E-state index is 0.341. The standard InChI is InChI=1S/C13H21Cl2N3/c1-4-6-7-18(10(3)5-2)13-11(8-14)12(15)16-9-17-13/h9-10H,4-8H2,1-3H3. The third-order valence-electron chi connectivity index (χ3n) is 3.15. The molecule has 0 saturated heterocycles. The molecule has 0 aliphatic heterocycles. The van der Waals surface area contributed by atoms with Crippen LogP contribution in [0.3, 0.4) is 0 Å². The molecule has 0 amide bonds. The number of unbranched alkanes of at least 4 members (excludes halogenated alkanes) is 1. The first-order valence-corrected chi connectivity index (χ1v) is 7.38. The number of aromatic nitrogens is 2. The monoisotopic (exact) mass is 289 g/mol. The second-order valence-corrected chi connectivity index (χ2v) is 5.03. The summed E-state index contributed by atoms with van der Waals surface area (Å²) in [5.41, 5.74) is 0.831. The van der Waals surface area contributed by atoms with E-state index in [1.165, 1.54) is 6.33 Å². The van der Waals surface area contributed by atoms with Crippen LogP contribution in [0, 0.1) is 0 Å². The van der Waals surface area contributed by atoms with E-state index in [-0.39, 0.29) is 0 Å². The molecule has 0 bridgehead atoms. The summed E-state index contributed by atoms with van der Waals surface area (Å²) < 4.78 is 0. The van der Waals surface area contributed by atoms with Gasteiger partial charge in [-0.15, -0.1) is 11.6 Å². The van der Waals surface area contributed by atoms with Crippen LogP contribution in [0.5, 0.6) is 0 Å². The van der Waals surface area contributed by atoms with Gasteiger partial charge in [0.15, 0.2) is 0 Å². The number of hydrogen-bond acceptors (Lipinski definition) is 3. The van der Waals surface area contributed by atoms with Crippen LogP contribution in [0.1, 0.15) is 45.6 Å². The van der Waals surface area contributed by atoms with Crippen molar-refractivity contribution in [2.24, 2.45) is 0 Å². The number of nitrogens with zero attached hydrogens (tertiary/aromatic N) is 3. The third kappa shape index (κ3) is 3.72. The van der Waals surface area contributed by atoms with E-state index in [9.17, 15) is 0 Å². The summed E-state index contributed by atoms with van der Waals surface area (Å²) in [6, 6.07) is 0.421. The maximum Gasteiger partial charge on any atom is 0.138 e. The molecule has 3 nitrogen and oxygen atoms in total. The van der Waals surface area contributed by atoms with E-state index in [2.05, 4.69) is 35.6 Å². The van der Waals surface area contributed by atoms with Crippen molar-refractivity contribution in [2.75, 3.05) is 11.4 Å². The molecular formula is C13H21Cl2N3. The summed E-state index contributed by atoms with van der Waals surface area (Å²) >= 11 is 12.1. The fraction of sp³-hybridized carbons (Fsp3) is 0.692. The lowest BCUT2D eigenvalue weighted by atomic mass is 10.1. The smallest absolute Gasteiger partial charge is 0.138 e. The van der Waals surface area contributed by atoms with E-state index in [1.54, 1.807) is 0 Å². The van der Waals surface area contributed by atoms with Crippen molar-refractivity contribution in [3.63, 3.8) is 0 Å². The fourth-order valence-corrected chi connectivity index (χ4v) is 2.34. The Morgan fingerprint density at radius 1 is 1.33 bits per heavy atom. The van der Waals surface area contributed by atoms with E-state index in [0.717, 1.165) is 37.2 Å². The molecular weight excluding hydrogens is 269 g/mol. The van der Waals surface area contributed by atoms with Crippen molar-refractivity contribution in [1.29, 1.82) is 0 Å². The third-order valence-corrected chi connectivity index (χ3v) is 3.74. The molecule has 0 fully saturated rings. The van der Waals surface area contributed by atoms with Crippen LogP contribution in [0.25, 0.3) is 0 Å². The van der Waals surface area contributed by atoms with Gasteiger partial charge in [-0.05, 0) is 19.8 Å². The number of halogens is 2. The Hall–Kier alpha value is -0.540. The van der Waals surface area contributed by atoms with Gasteiger partial charge in [-0.3, -0.25) is 0 Å². The number of rotatable bonds is 7. The van der Waals surface area contributed by atoms with Crippen LogP contribution in [-0.4, -0.2) is 22.6 Å². The van der Waals surface area contributed by atoms with Gasteiger partial charge >= 0.3 is 0 Å². The lowest BCUT2D eigenvalue weighted by Crippen LogP contribution is -2.35. The Morgan fingerprint density at radius 3 is 2.61 bits per heavy atom. The first-order valence-electron chi connectivity index (χ1n) is 6.47. The molecule has 1 aromatic heterocycles. The largest absolute Gasteiger partial charge is 0.354 e. The average Bonchev–Trinajstić information content (AvgIpc) is 2.39. The maximum atomic E-state index is 6.09. The van der Waals surface area contributed by atoms with Gasteiger partial charge in [0.1, 0.15) is 17.3 Å². The summed E-state index contributed by atoms with van der Waals surface area (Å²) in [6.07, 6.45) is 4.86. The molecule has 1 aromatic rings. The van der Waals surface area contributed by atoms with Gasteiger partial charge < -0.3 is 4.90 Å². The van der Waals surface area contributed by atoms with Crippen LogP contribution in [0.2, 0.25) is 5.15 Å². The lowest BCUT2D eigenvalue weighted by molar-refractivity contribution is 0.587. The van der Waals surface area contributed by atoms with Crippen LogP contribution in [-0.2, 0) is 5.88 Å². The highest BCUT2D eigenvalue weighted by Crippen LogP contribution is 2.27. The van der Waals surface area contributed by atoms with Gasteiger partial charge in [0.2, 0.25) is 0 Å². The van der Waals surface area contributed by atoms with Gasteiger partial charge in [-0.1, -0.05) is 31.9 Å². The second kappa shape index (κ2) is 7.80. The summed E-state index contributed by atoms with van der Waals surface area (Å²) in [5.74, 6) is 1.22. The highest BCUT2D eigenvalue weighted by Gasteiger charge is 2.19. The predicted molar refractivity (Wildman–Crippen MR) is 78.6 cm³/mol. The molecule has 0 saturated carbocycles. The van der Waals surface area contributed by atoms with Crippen LogP contribution in [0.4, 0.5) is 5.82 Å². The highest BCUT2D eigenvalue weighted by atomic mass is 35.5. The second-order valence-electron chi connectivity index (χ2n) is 4.40. The summed E-state index contributed by atoms with van der Waals surface area (Å²) in [6.45, 7) is 7.53. The molecule has 102 valence electrons. The molecule has 18 heavy (non-hydrogen) atoms. The fourth-order valence-electron chi connectivity index (χ4n) is 1.83. The number of anilines is 1. The summed E-state index contributed by atoms with van der Waals surface area (Å²) in [7, 11) is 0. The Bertz CT molecular complexity index is 371. The van der Waals surface area contributed by atoms with Crippen LogP contribution in [0.15, 0.2) is 6.33 Å². The number of alkyl halides is 1. The van der Waals surface area contributed by atoms with Crippen molar-refractivity contribution in [1.82, 2.24) is 9.97 Å². The van der Waals surface area contributed by atoms with Crippen molar-refractivity contribution >= 4 is 29.0 Å². The van der Waals surface area contributed by atoms with Gasteiger partial charge in [0.25, 0.3) is 0 Å². The zero-order valence-corrected chi connectivity index (χ0v) is 12.8. The molecule has 0 aromatic carbocycles. The Kier molecular flexibility index (Phi) is 6.72. The molecule has 0 aliphatic rings. The average molecular weight is 290 g/mol. The van der Waals surface area contributed by atoms with Gasteiger partial charge in [0, 0.05) is 18.2 Å².